The third kappa shape index (κ3) is 2.29. The summed E-state index contributed by atoms with van der Waals surface area (Å²) in [6.07, 6.45) is 3.20. The number of pyridine rings is 1. The zero-order valence-corrected chi connectivity index (χ0v) is 8.56. The number of aromatic nitrogens is 1. The van der Waals surface area contributed by atoms with E-state index >= 15 is 0 Å². The van der Waals surface area contributed by atoms with Gasteiger partial charge in [-0.25, -0.2) is 0 Å². The zero-order valence-electron chi connectivity index (χ0n) is 8.56. The summed E-state index contributed by atoms with van der Waals surface area (Å²) < 4.78 is 0. The smallest absolute Gasteiger partial charge is 0.258 e. The summed E-state index contributed by atoms with van der Waals surface area (Å²) in [7, 11) is 1.62. The van der Waals surface area contributed by atoms with Crippen LogP contribution in [0.3, 0.4) is 0 Å². The lowest BCUT2D eigenvalue weighted by Gasteiger charge is -2.24. The van der Waals surface area contributed by atoms with Crippen LogP contribution >= 0.6 is 0 Å². The van der Waals surface area contributed by atoms with Crippen molar-refractivity contribution in [2.45, 2.75) is 19.4 Å². The Hall–Kier alpha value is -1.42. The van der Waals surface area contributed by atoms with Crippen molar-refractivity contribution < 1.29 is 9.90 Å². The molecule has 0 fully saturated rings. The minimum Gasteiger partial charge on any atom is -0.381 e. The van der Waals surface area contributed by atoms with E-state index in [4.69, 9.17) is 0 Å². The van der Waals surface area contributed by atoms with Crippen LogP contribution in [0.2, 0.25) is 0 Å². The van der Waals surface area contributed by atoms with Crippen molar-refractivity contribution in [1.29, 1.82) is 0 Å². The van der Waals surface area contributed by atoms with Crippen molar-refractivity contribution in [2.24, 2.45) is 0 Å². The first-order chi connectivity index (χ1) is 6.43. The van der Waals surface area contributed by atoms with E-state index in [-0.39, 0.29) is 5.91 Å². The summed E-state index contributed by atoms with van der Waals surface area (Å²) in [4.78, 5) is 16.9. The van der Waals surface area contributed by atoms with Gasteiger partial charge in [0.05, 0.1) is 0 Å². The van der Waals surface area contributed by atoms with Crippen molar-refractivity contribution in [3.63, 3.8) is 0 Å². The zero-order chi connectivity index (χ0) is 10.8. The summed E-state index contributed by atoms with van der Waals surface area (Å²) in [6.45, 7) is 2.93. The van der Waals surface area contributed by atoms with Crippen LogP contribution in [0.5, 0.6) is 0 Å². The highest BCUT2D eigenvalue weighted by molar-refractivity contribution is 5.98. The number of rotatable bonds is 2. The van der Waals surface area contributed by atoms with Crippen LogP contribution in [0.1, 0.15) is 13.8 Å². The van der Waals surface area contributed by atoms with Gasteiger partial charge in [-0.15, -0.1) is 0 Å². The van der Waals surface area contributed by atoms with Gasteiger partial charge in [0.1, 0.15) is 5.60 Å². The monoisotopic (exact) mass is 194 g/mol. The number of carbonyl (C=O) groups excluding carboxylic acids is 1. The first kappa shape index (κ1) is 10.7. The lowest BCUT2D eigenvalue weighted by atomic mass is 10.1. The number of nitrogens with zero attached hydrogens (tertiary/aromatic N) is 2. The molecule has 1 amide bonds. The molecular formula is C10H14N2O2. The van der Waals surface area contributed by atoms with E-state index < -0.39 is 5.60 Å². The Kier molecular flexibility index (Phi) is 2.86. The van der Waals surface area contributed by atoms with E-state index in [0.29, 0.717) is 5.69 Å². The lowest BCUT2D eigenvalue weighted by Crippen LogP contribution is -2.43. The van der Waals surface area contributed by atoms with E-state index in [9.17, 15) is 9.90 Å². The quantitative estimate of drug-likeness (QED) is 0.758. The Bertz CT molecular complexity index is 317. The van der Waals surface area contributed by atoms with E-state index in [1.54, 1.807) is 31.6 Å². The molecule has 0 aromatic carbocycles. The van der Waals surface area contributed by atoms with Gasteiger partial charge in [0, 0.05) is 25.1 Å². The van der Waals surface area contributed by atoms with Gasteiger partial charge in [0.15, 0.2) is 0 Å². The third-order valence-electron chi connectivity index (χ3n) is 1.88. The van der Waals surface area contributed by atoms with Gasteiger partial charge in [0.25, 0.3) is 5.91 Å². The van der Waals surface area contributed by atoms with E-state index in [1.165, 1.54) is 18.7 Å². The standard InChI is InChI=1S/C10H14N2O2/c1-10(2,14)9(13)12(3)8-4-6-11-7-5-8/h4-7,14H,1-3H3. The number of likely N-dealkylation sites (N-methyl/N-ethyl adjacent to an activating group) is 1. The maximum atomic E-state index is 11.6. The summed E-state index contributed by atoms with van der Waals surface area (Å²) >= 11 is 0. The average molecular weight is 194 g/mol. The Morgan fingerprint density at radius 2 is 1.93 bits per heavy atom. The summed E-state index contributed by atoms with van der Waals surface area (Å²) in [5, 5.41) is 9.51. The fourth-order valence-electron chi connectivity index (χ4n) is 1.10. The van der Waals surface area contributed by atoms with Crippen LogP contribution in [-0.2, 0) is 4.79 Å². The van der Waals surface area contributed by atoms with Gasteiger partial charge in [-0.05, 0) is 26.0 Å². The molecule has 76 valence electrons. The molecule has 0 spiro atoms. The van der Waals surface area contributed by atoms with Gasteiger partial charge < -0.3 is 10.0 Å². The van der Waals surface area contributed by atoms with Crippen LogP contribution in [0, 0.1) is 0 Å². The molecule has 0 bridgehead atoms. The Morgan fingerprint density at radius 1 is 1.43 bits per heavy atom. The van der Waals surface area contributed by atoms with Gasteiger partial charge in [-0.3, -0.25) is 9.78 Å². The molecule has 0 radical (unpaired) electrons. The minimum absolute atomic E-state index is 0.344. The number of amides is 1. The second kappa shape index (κ2) is 3.75. The Balaban J connectivity index is 2.87. The molecule has 1 aromatic rings. The van der Waals surface area contributed by atoms with Crippen molar-refractivity contribution in [3.8, 4) is 0 Å². The largest absolute Gasteiger partial charge is 0.381 e. The summed E-state index contributed by atoms with van der Waals surface area (Å²) in [5.41, 5.74) is -0.634. The number of anilines is 1. The van der Waals surface area contributed by atoms with Crippen molar-refractivity contribution in [2.75, 3.05) is 11.9 Å². The molecule has 0 aliphatic heterocycles. The second-order valence-corrected chi connectivity index (χ2v) is 3.63. The highest BCUT2D eigenvalue weighted by Gasteiger charge is 2.27. The SMILES string of the molecule is CN(C(=O)C(C)(C)O)c1ccncc1. The molecule has 0 atom stereocenters. The molecule has 0 saturated carbocycles. The number of carbonyl (C=O) groups is 1. The lowest BCUT2D eigenvalue weighted by molar-refractivity contribution is -0.133. The molecule has 4 nitrogen and oxygen atoms in total. The predicted molar refractivity (Wildman–Crippen MR) is 53.9 cm³/mol. The molecule has 0 aliphatic rings. The topological polar surface area (TPSA) is 53.4 Å². The molecular weight excluding hydrogens is 180 g/mol. The molecule has 0 saturated heterocycles. The third-order valence-corrected chi connectivity index (χ3v) is 1.88. The predicted octanol–water partition coefficient (Wildman–Crippen LogP) is 0.815. The first-order valence-corrected chi connectivity index (χ1v) is 4.33. The fourth-order valence-corrected chi connectivity index (χ4v) is 1.10. The molecule has 1 rings (SSSR count). The summed E-state index contributed by atoms with van der Waals surface area (Å²) in [6, 6.07) is 3.42. The number of hydrogen-bond donors (Lipinski definition) is 1. The van der Waals surface area contributed by atoms with Crippen LogP contribution in [0.25, 0.3) is 0 Å². The number of hydrogen-bond acceptors (Lipinski definition) is 3. The van der Waals surface area contributed by atoms with Crippen LogP contribution in [-0.4, -0.2) is 28.6 Å². The van der Waals surface area contributed by atoms with Gasteiger partial charge in [0.2, 0.25) is 0 Å². The molecule has 1 N–H and O–H groups in total. The highest BCUT2D eigenvalue weighted by Crippen LogP contribution is 2.14. The fraction of sp³-hybridized carbons (Fsp3) is 0.400. The van der Waals surface area contributed by atoms with Gasteiger partial charge in [-0.1, -0.05) is 0 Å². The molecule has 1 aromatic heterocycles. The summed E-state index contributed by atoms with van der Waals surface area (Å²) in [5.74, 6) is -0.344. The maximum absolute atomic E-state index is 11.6. The van der Waals surface area contributed by atoms with Gasteiger partial charge >= 0.3 is 0 Å². The molecule has 4 heteroatoms. The maximum Gasteiger partial charge on any atom is 0.258 e. The molecule has 14 heavy (non-hydrogen) atoms. The van der Waals surface area contributed by atoms with E-state index in [1.807, 2.05) is 0 Å². The van der Waals surface area contributed by atoms with Crippen molar-refractivity contribution in [1.82, 2.24) is 4.98 Å². The number of aliphatic hydroxyl groups is 1. The normalized spacial score (nSPS) is 11.1. The van der Waals surface area contributed by atoms with E-state index in [2.05, 4.69) is 4.98 Å². The van der Waals surface area contributed by atoms with Crippen molar-refractivity contribution in [3.05, 3.63) is 24.5 Å². The van der Waals surface area contributed by atoms with E-state index in [0.717, 1.165) is 0 Å². The van der Waals surface area contributed by atoms with Crippen LogP contribution in [0.4, 0.5) is 5.69 Å². The molecule has 0 unspecified atom stereocenters. The molecule has 1 heterocycles. The second-order valence-electron chi connectivity index (χ2n) is 3.63. The Labute approximate surface area is 83.2 Å². The van der Waals surface area contributed by atoms with Crippen LogP contribution < -0.4 is 4.90 Å². The van der Waals surface area contributed by atoms with Gasteiger partial charge in [-0.2, -0.15) is 0 Å². The van der Waals surface area contributed by atoms with Crippen LogP contribution in [0.15, 0.2) is 24.5 Å². The molecule has 0 aliphatic carbocycles. The highest BCUT2D eigenvalue weighted by atomic mass is 16.3. The first-order valence-electron chi connectivity index (χ1n) is 4.33. The Morgan fingerprint density at radius 3 is 2.36 bits per heavy atom. The van der Waals surface area contributed by atoms with Crippen molar-refractivity contribution >= 4 is 11.6 Å². The minimum atomic E-state index is -1.35. The average Bonchev–Trinajstić information content (AvgIpc) is 2.15.